The van der Waals surface area contributed by atoms with E-state index < -0.39 is 34.8 Å². The van der Waals surface area contributed by atoms with Crippen LogP contribution in [-0.4, -0.2) is 39.8 Å². The molecule has 0 spiro atoms. The van der Waals surface area contributed by atoms with Crippen LogP contribution in [0.4, 0.5) is 0 Å². The Morgan fingerprint density at radius 3 is 1.39 bits per heavy atom. The van der Waals surface area contributed by atoms with Crippen molar-refractivity contribution in [3.63, 3.8) is 0 Å². The summed E-state index contributed by atoms with van der Waals surface area (Å²) in [4.78, 5) is 6.10. The number of rotatable bonds is 18. The van der Waals surface area contributed by atoms with Crippen LogP contribution in [-0.2, 0) is 0 Å². The Labute approximate surface area is 294 Å². The van der Waals surface area contributed by atoms with Gasteiger partial charge in [-0.05, 0) is 0 Å². The molecule has 0 aliphatic heterocycles. The van der Waals surface area contributed by atoms with E-state index in [4.69, 9.17) is 9.41 Å². The molecule has 3 rings (SSSR count). The van der Waals surface area contributed by atoms with Crippen molar-refractivity contribution in [2.45, 2.75) is 157 Å². The van der Waals surface area contributed by atoms with Crippen molar-refractivity contribution in [1.29, 1.82) is 0 Å². The zero-order valence-electron chi connectivity index (χ0n) is 31.6. The van der Waals surface area contributed by atoms with Crippen molar-refractivity contribution in [1.82, 2.24) is 4.98 Å². The molecular weight excluding hydrogens is 717 g/mol. The van der Waals surface area contributed by atoms with Crippen LogP contribution in [0.1, 0.15) is 122 Å². The molecule has 0 fully saturated rings. The molecule has 0 N–H and O–H groups in total. The van der Waals surface area contributed by atoms with Gasteiger partial charge < -0.3 is 0 Å². The SMILES string of the molecule is CCC[CH2][Sn]([CH2]CCC)([CH2]CCC)[c]1nc([Si](C(C)C)(C(C)C)C(C)C)sc1O[Si](c1ccccc1)(c1ccccc1)C(C)(C)C. The third-order valence-electron chi connectivity index (χ3n) is 11.0. The summed E-state index contributed by atoms with van der Waals surface area (Å²) in [6, 6.07) is 22.6. The monoisotopic (exact) mass is 785 g/mol. The molecule has 0 saturated carbocycles. The molecule has 1 heterocycles. The molecule has 1 aromatic heterocycles. The summed E-state index contributed by atoms with van der Waals surface area (Å²) in [5, 5.41) is 3.90. The van der Waals surface area contributed by atoms with E-state index in [-0.39, 0.29) is 5.04 Å². The molecule has 0 aliphatic carbocycles. The van der Waals surface area contributed by atoms with Gasteiger partial charge in [-0.2, -0.15) is 0 Å². The molecular formula is C40H67NOSSi2Sn. The standard InChI is InChI=1S/C28H40NOSSi2.3C4H9.Sn/c1-21(2)32(22(3)4,23(5)6)27-29-20-26(31-27)30-33(28(7,8)9,24-16-12-10-13-17-24)25-18-14-11-15-19-25;3*1-3-4-2;/h10-19,21-23H,1-9H3;3*1,3-4H2,2H3;. The second kappa shape index (κ2) is 17.2. The first-order valence-electron chi connectivity index (χ1n) is 18.6. The van der Waals surface area contributed by atoms with Crippen molar-refractivity contribution in [2.24, 2.45) is 0 Å². The van der Waals surface area contributed by atoms with Crippen molar-refractivity contribution >= 4 is 64.8 Å². The summed E-state index contributed by atoms with van der Waals surface area (Å²) in [5.74, 6) is 0. The van der Waals surface area contributed by atoms with Crippen LogP contribution in [0.15, 0.2) is 60.7 Å². The van der Waals surface area contributed by atoms with Gasteiger partial charge in [0.2, 0.25) is 0 Å². The summed E-state index contributed by atoms with van der Waals surface area (Å²) in [6.07, 6.45) is 7.78. The molecule has 0 unspecified atom stereocenters. The predicted molar refractivity (Wildman–Crippen MR) is 216 cm³/mol. The van der Waals surface area contributed by atoms with Gasteiger partial charge in [0.1, 0.15) is 0 Å². The number of nitrogens with zero attached hydrogens (tertiary/aromatic N) is 1. The molecule has 6 heteroatoms. The van der Waals surface area contributed by atoms with Gasteiger partial charge in [-0.1, -0.05) is 0 Å². The Bertz CT molecular complexity index is 1230. The quantitative estimate of drug-likeness (QED) is 0.120. The normalized spacial score (nSPS) is 13.3. The van der Waals surface area contributed by atoms with Gasteiger partial charge in [-0.15, -0.1) is 0 Å². The first-order chi connectivity index (χ1) is 21.8. The first kappa shape index (κ1) is 39.5. The Kier molecular flexibility index (Phi) is 14.7. The maximum atomic E-state index is 8.10. The van der Waals surface area contributed by atoms with Crippen LogP contribution in [0.25, 0.3) is 0 Å². The second-order valence-corrected chi connectivity index (χ2v) is 40.2. The summed E-state index contributed by atoms with van der Waals surface area (Å²) in [6.45, 7) is 29.4. The number of unbranched alkanes of at least 4 members (excludes halogenated alkanes) is 3. The van der Waals surface area contributed by atoms with Gasteiger partial charge in [-0.3, -0.25) is 0 Å². The molecule has 0 bridgehead atoms. The fourth-order valence-corrected chi connectivity index (χ4v) is 41.0. The number of thiazole rings is 1. The van der Waals surface area contributed by atoms with E-state index in [2.05, 4.69) is 144 Å². The van der Waals surface area contributed by atoms with Crippen LogP contribution in [0.3, 0.4) is 0 Å². The van der Waals surface area contributed by atoms with Gasteiger partial charge in [0.05, 0.1) is 0 Å². The Morgan fingerprint density at radius 2 is 1.07 bits per heavy atom. The Morgan fingerprint density at radius 1 is 0.674 bits per heavy atom. The van der Waals surface area contributed by atoms with E-state index >= 15 is 0 Å². The molecule has 2 nitrogen and oxygen atoms in total. The van der Waals surface area contributed by atoms with Gasteiger partial charge in [-0.25, -0.2) is 0 Å². The van der Waals surface area contributed by atoms with E-state index in [0.717, 1.165) is 0 Å². The maximum absolute atomic E-state index is 8.10. The van der Waals surface area contributed by atoms with E-state index in [9.17, 15) is 0 Å². The molecule has 0 amide bonds. The number of benzene rings is 2. The molecule has 0 aliphatic rings. The summed E-state index contributed by atoms with van der Waals surface area (Å²) in [5.41, 5.74) is 1.87. The molecule has 0 radical (unpaired) electrons. The third-order valence-corrected chi connectivity index (χ3v) is 40.4. The van der Waals surface area contributed by atoms with E-state index in [0.29, 0.717) is 16.6 Å². The van der Waals surface area contributed by atoms with Crippen molar-refractivity contribution < 1.29 is 4.43 Å². The van der Waals surface area contributed by atoms with Crippen LogP contribution in [0.5, 0.6) is 5.06 Å². The van der Waals surface area contributed by atoms with Crippen LogP contribution in [0, 0.1) is 0 Å². The van der Waals surface area contributed by atoms with Gasteiger partial charge in [0.25, 0.3) is 0 Å². The topological polar surface area (TPSA) is 22.1 Å². The van der Waals surface area contributed by atoms with Gasteiger partial charge >= 0.3 is 297 Å². The molecule has 46 heavy (non-hydrogen) atoms. The van der Waals surface area contributed by atoms with Gasteiger partial charge in [0.15, 0.2) is 0 Å². The zero-order valence-corrected chi connectivity index (χ0v) is 37.3. The zero-order chi connectivity index (χ0) is 34.2. The van der Waals surface area contributed by atoms with Crippen molar-refractivity contribution in [3.05, 3.63) is 60.7 Å². The summed E-state index contributed by atoms with van der Waals surface area (Å²) >= 11 is -0.995. The van der Waals surface area contributed by atoms with Crippen molar-refractivity contribution in [3.8, 4) is 5.06 Å². The molecule has 0 saturated heterocycles. The number of aromatic nitrogens is 1. The average Bonchev–Trinajstić information content (AvgIpc) is 3.43. The third kappa shape index (κ3) is 7.94. The molecule has 3 aromatic rings. The van der Waals surface area contributed by atoms with E-state index in [1.54, 1.807) is 0 Å². The van der Waals surface area contributed by atoms with Crippen molar-refractivity contribution in [2.75, 3.05) is 0 Å². The first-order valence-corrected chi connectivity index (χ1v) is 31.0. The molecule has 256 valence electrons. The van der Waals surface area contributed by atoms with Crippen LogP contribution in [0.2, 0.25) is 35.0 Å². The molecule has 0 atom stereocenters. The number of hydrogen-bond acceptors (Lipinski definition) is 3. The minimum absolute atomic E-state index is 0.0752. The Hall–Kier alpha value is -0.898. The fourth-order valence-electron chi connectivity index (χ4n) is 8.70. The van der Waals surface area contributed by atoms with E-state index in [1.165, 1.54) is 75.6 Å². The molecule has 2 aromatic carbocycles. The van der Waals surface area contributed by atoms with Crippen LogP contribution < -0.4 is 23.1 Å². The predicted octanol–water partition coefficient (Wildman–Crippen LogP) is 11.0. The number of hydrogen-bond donors (Lipinski definition) is 0. The summed E-state index contributed by atoms with van der Waals surface area (Å²) < 4.78 is 15.3. The minimum atomic E-state index is -3.02. The fraction of sp³-hybridized carbons (Fsp3) is 0.625. The second-order valence-electron chi connectivity index (χ2n) is 15.9. The Balaban J connectivity index is 2.52. The average molecular weight is 785 g/mol. The van der Waals surface area contributed by atoms with Crippen LogP contribution >= 0.6 is 11.3 Å². The van der Waals surface area contributed by atoms with Gasteiger partial charge in [0, 0.05) is 0 Å². The summed E-state index contributed by atoms with van der Waals surface area (Å²) in [7, 11) is -4.79. The van der Waals surface area contributed by atoms with E-state index in [1.807, 2.05) is 11.3 Å².